The SMILES string of the molecule is Cc1cc(C#N)nc(NC(C)C(C)C)n1. The predicted molar refractivity (Wildman–Crippen MR) is 59.4 cm³/mol. The lowest BCUT2D eigenvalue weighted by Crippen LogP contribution is -2.23. The van der Waals surface area contributed by atoms with E-state index in [1.54, 1.807) is 6.07 Å². The second kappa shape index (κ2) is 4.74. The molecule has 1 aromatic rings. The Morgan fingerprint density at radius 3 is 2.53 bits per heavy atom. The molecule has 0 aromatic carbocycles. The zero-order valence-electron chi connectivity index (χ0n) is 9.57. The van der Waals surface area contributed by atoms with E-state index < -0.39 is 0 Å². The van der Waals surface area contributed by atoms with Crippen molar-refractivity contribution in [3.63, 3.8) is 0 Å². The summed E-state index contributed by atoms with van der Waals surface area (Å²) in [6, 6.07) is 3.98. The topological polar surface area (TPSA) is 61.6 Å². The fourth-order valence-corrected chi connectivity index (χ4v) is 1.06. The minimum absolute atomic E-state index is 0.290. The fraction of sp³-hybridized carbons (Fsp3) is 0.545. The van der Waals surface area contributed by atoms with E-state index in [9.17, 15) is 0 Å². The Kier molecular flexibility index (Phi) is 3.62. The molecule has 4 heteroatoms. The van der Waals surface area contributed by atoms with Crippen LogP contribution in [0.5, 0.6) is 0 Å². The van der Waals surface area contributed by atoms with Crippen molar-refractivity contribution in [3.05, 3.63) is 17.5 Å². The van der Waals surface area contributed by atoms with E-state index in [0.717, 1.165) is 5.69 Å². The van der Waals surface area contributed by atoms with Gasteiger partial charge >= 0.3 is 0 Å². The van der Waals surface area contributed by atoms with Crippen LogP contribution in [0.1, 0.15) is 32.2 Å². The third kappa shape index (κ3) is 3.21. The highest BCUT2D eigenvalue weighted by Crippen LogP contribution is 2.09. The summed E-state index contributed by atoms with van der Waals surface area (Å²) in [6.07, 6.45) is 0. The molecule has 4 nitrogen and oxygen atoms in total. The average Bonchev–Trinajstić information content (AvgIpc) is 2.16. The number of hydrogen-bond donors (Lipinski definition) is 1. The number of rotatable bonds is 3. The predicted octanol–water partition coefficient (Wildman–Crippen LogP) is 2.11. The van der Waals surface area contributed by atoms with Crippen molar-refractivity contribution in [1.82, 2.24) is 9.97 Å². The lowest BCUT2D eigenvalue weighted by molar-refractivity contribution is 0.556. The smallest absolute Gasteiger partial charge is 0.224 e. The second-order valence-electron chi connectivity index (χ2n) is 4.01. The van der Waals surface area contributed by atoms with E-state index in [4.69, 9.17) is 5.26 Å². The molecule has 0 aliphatic heterocycles. The minimum Gasteiger partial charge on any atom is -0.351 e. The summed E-state index contributed by atoms with van der Waals surface area (Å²) in [5.41, 5.74) is 1.21. The van der Waals surface area contributed by atoms with E-state index in [2.05, 4.69) is 36.1 Å². The normalized spacial score (nSPS) is 12.3. The standard InChI is InChI=1S/C11H16N4/c1-7(2)9(4)14-11-13-8(3)5-10(6-12)15-11/h5,7,9H,1-4H3,(H,13,14,15). The Hall–Kier alpha value is -1.63. The second-order valence-corrected chi connectivity index (χ2v) is 4.01. The zero-order chi connectivity index (χ0) is 11.4. The van der Waals surface area contributed by atoms with Gasteiger partial charge in [-0.3, -0.25) is 0 Å². The number of nitrogens with one attached hydrogen (secondary N) is 1. The third-order valence-corrected chi connectivity index (χ3v) is 2.33. The lowest BCUT2D eigenvalue weighted by Gasteiger charge is -2.17. The van der Waals surface area contributed by atoms with Crippen molar-refractivity contribution in [1.29, 1.82) is 5.26 Å². The van der Waals surface area contributed by atoms with Gasteiger partial charge in [0.05, 0.1) is 0 Å². The van der Waals surface area contributed by atoms with Crippen molar-refractivity contribution in [3.8, 4) is 6.07 Å². The van der Waals surface area contributed by atoms with Crippen molar-refractivity contribution >= 4 is 5.95 Å². The summed E-state index contributed by atoms with van der Waals surface area (Å²) >= 11 is 0. The van der Waals surface area contributed by atoms with Gasteiger partial charge in [0.2, 0.25) is 5.95 Å². The summed E-state index contributed by atoms with van der Waals surface area (Å²) in [5, 5.41) is 11.9. The molecular weight excluding hydrogens is 188 g/mol. The van der Waals surface area contributed by atoms with Crippen LogP contribution >= 0.6 is 0 Å². The van der Waals surface area contributed by atoms with Gasteiger partial charge in [-0.1, -0.05) is 13.8 Å². The number of hydrogen-bond acceptors (Lipinski definition) is 4. The minimum atomic E-state index is 0.290. The maximum Gasteiger partial charge on any atom is 0.224 e. The molecule has 15 heavy (non-hydrogen) atoms. The summed E-state index contributed by atoms with van der Waals surface area (Å²) < 4.78 is 0. The average molecular weight is 204 g/mol. The molecule has 80 valence electrons. The Labute approximate surface area is 90.4 Å². The quantitative estimate of drug-likeness (QED) is 0.819. The fourth-order valence-electron chi connectivity index (χ4n) is 1.06. The van der Waals surface area contributed by atoms with Crippen LogP contribution < -0.4 is 5.32 Å². The number of aryl methyl sites for hydroxylation is 1. The summed E-state index contributed by atoms with van der Waals surface area (Å²) in [7, 11) is 0. The molecular formula is C11H16N4. The van der Waals surface area contributed by atoms with E-state index in [1.807, 2.05) is 13.0 Å². The first kappa shape index (κ1) is 11.4. The van der Waals surface area contributed by atoms with Crippen LogP contribution in [0.2, 0.25) is 0 Å². The van der Waals surface area contributed by atoms with E-state index in [1.165, 1.54) is 0 Å². The van der Waals surface area contributed by atoms with E-state index in [0.29, 0.717) is 23.6 Å². The van der Waals surface area contributed by atoms with Gasteiger partial charge in [-0.2, -0.15) is 5.26 Å². The number of aromatic nitrogens is 2. The highest BCUT2D eigenvalue weighted by molar-refractivity contribution is 5.33. The van der Waals surface area contributed by atoms with Gasteiger partial charge in [-0.05, 0) is 25.8 Å². The molecule has 0 aliphatic rings. The van der Waals surface area contributed by atoms with Crippen LogP contribution in [0.25, 0.3) is 0 Å². The summed E-state index contributed by atoms with van der Waals surface area (Å²) in [6.45, 7) is 8.17. The molecule has 0 spiro atoms. The zero-order valence-corrected chi connectivity index (χ0v) is 9.57. The highest BCUT2D eigenvalue weighted by Gasteiger charge is 2.09. The van der Waals surface area contributed by atoms with E-state index >= 15 is 0 Å². The van der Waals surface area contributed by atoms with Gasteiger partial charge in [0, 0.05) is 11.7 Å². The monoisotopic (exact) mass is 204 g/mol. The molecule has 0 radical (unpaired) electrons. The Morgan fingerprint density at radius 1 is 1.33 bits per heavy atom. The Bertz CT molecular complexity index is 379. The van der Waals surface area contributed by atoms with Crippen LogP contribution in [0, 0.1) is 24.2 Å². The molecule has 1 rings (SSSR count). The molecule has 1 aromatic heterocycles. The molecule has 1 atom stereocenters. The van der Waals surface area contributed by atoms with Crippen LogP contribution in [-0.4, -0.2) is 16.0 Å². The molecule has 0 bridgehead atoms. The first-order valence-electron chi connectivity index (χ1n) is 5.05. The van der Waals surface area contributed by atoms with Crippen molar-refractivity contribution < 1.29 is 0 Å². The van der Waals surface area contributed by atoms with Crippen LogP contribution in [0.4, 0.5) is 5.95 Å². The van der Waals surface area contributed by atoms with Gasteiger partial charge < -0.3 is 5.32 Å². The number of anilines is 1. The van der Waals surface area contributed by atoms with Crippen molar-refractivity contribution in [2.45, 2.75) is 33.7 Å². The van der Waals surface area contributed by atoms with Crippen LogP contribution in [0.15, 0.2) is 6.07 Å². The van der Waals surface area contributed by atoms with Crippen molar-refractivity contribution in [2.75, 3.05) is 5.32 Å². The first-order chi connectivity index (χ1) is 7.02. The molecule has 0 aliphatic carbocycles. The molecule has 0 amide bonds. The van der Waals surface area contributed by atoms with Gasteiger partial charge in [0.25, 0.3) is 0 Å². The highest BCUT2D eigenvalue weighted by atomic mass is 15.1. The molecule has 0 saturated heterocycles. The van der Waals surface area contributed by atoms with Crippen molar-refractivity contribution in [2.24, 2.45) is 5.92 Å². The molecule has 0 saturated carbocycles. The maximum atomic E-state index is 8.76. The van der Waals surface area contributed by atoms with Crippen LogP contribution in [0.3, 0.4) is 0 Å². The third-order valence-electron chi connectivity index (χ3n) is 2.33. The molecule has 0 fully saturated rings. The van der Waals surface area contributed by atoms with E-state index in [-0.39, 0.29) is 0 Å². The largest absolute Gasteiger partial charge is 0.351 e. The summed E-state index contributed by atoms with van der Waals surface area (Å²) in [4.78, 5) is 8.32. The molecule has 1 N–H and O–H groups in total. The van der Waals surface area contributed by atoms with Crippen LogP contribution in [-0.2, 0) is 0 Å². The lowest BCUT2D eigenvalue weighted by atomic mass is 10.1. The maximum absolute atomic E-state index is 8.76. The number of nitriles is 1. The van der Waals surface area contributed by atoms with Gasteiger partial charge in [-0.25, -0.2) is 9.97 Å². The van der Waals surface area contributed by atoms with Gasteiger partial charge in [0.1, 0.15) is 11.8 Å². The Balaban J connectivity index is 2.87. The van der Waals surface area contributed by atoms with Gasteiger partial charge in [-0.15, -0.1) is 0 Å². The number of nitrogens with zero attached hydrogens (tertiary/aromatic N) is 3. The Morgan fingerprint density at radius 2 is 2.00 bits per heavy atom. The summed E-state index contributed by atoms with van der Waals surface area (Å²) in [5.74, 6) is 1.03. The first-order valence-corrected chi connectivity index (χ1v) is 5.05. The molecule has 1 unspecified atom stereocenters. The molecule has 1 heterocycles. The van der Waals surface area contributed by atoms with Gasteiger partial charge in [0.15, 0.2) is 0 Å².